The molecule has 1 saturated heterocycles. The van der Waals surface area contributed by atoms with E-state index in [2.05, 4.69) is 36.6 Å². The van der Waals surface area contributed by atoms with E-state index in [-0.39, 0.29) is 11.6 Å². The number of urea groups is 1. The molecule has 3 aromatic rings. The van der Waals surface area contributed by atoms with Gasteiger partial charge in [0.15, 0.2) is 5.65 Å². The predicted molar refractivity (Wildman–Crippen MR) is 153 cm³/mol. The molecule has 2 N–H and O–H groups in total. The first-order valence-electron chi connectivity index (χ1n) is 14.0. The highest BCUT2D eigenvalue weighted by atomic mass is 79.9. The maximum absolute atomic E-state index is 13.5. The van der Waals surface area contributed by atoms with E-state index >= 15 is 0 Å². The normalized spacial score (nSPS) is 30.1. The summed E-state index contributed by atoms with van der Waals surface area (Å²) < 4.78 is 2.66. The van der Waals surface area contributed by atoms with Gasteiger partial charge in [0.1, 0.15) is 5.82 Å². The Bertz CT molecular complexity index is 1340. The lowest BCUT2D eigenvalue weighted by atomic mass is 9.53. The van der Waals surface area contributed by atoms with Crippen LogP contribution in [0.4, 0.5) is 10.6 Å². The van der Waals surface area contributed by atoms with Gasteiger partial charge in [0.2, 0.25) is 0 Å². The number of amides is 2. The lowest BCUT2D eigenvalue weighted by Gasteiger charge is -2.57. The maximum Gasteiger partial charge on any atom is 0.317 e. The van der Waals surface area contributed by atoms with Crippen LogP contribution in [0.5, 0.6) is 0 Å². The highest BCUT2D eigenvalue weighted by Crippen LogP contribution is 2.55. The molecule has 1 atom stereocenters. The summed E-state index contributed by atoms with van der Waals surface area (Å²) in [5, 5.41) is 12.4. The monoisotopic (exact) mass is 596 g/mol. The second-order valence-corrected chi connectivity index (χ2v) is 13.5. The molecule has 9 heteroatoms. The summed E-state index contributed by atoms with van der Waals surface area (Å²) in [6.07, 6.45) is 11.6. The number of hydrogen-bond acceptors (Lipinski definition) is 4. The van der Waals surface area contributed by atoms with Crippen LogP contribution >= 0.6 is 27.5 Å². The van der Waals surface area contributed by atoms with Crippen LogP contribution in [0.1, 0.15) is 51.4 Å². The first-order valence-corrected chi connectivity index (χ1v) is 15.2. The van der Waals surface area contributed by atoms with Crippen molar-refractivity contribution in [2.45, 2.75) is 56.9 Å². The van der Waals surface area contributed by atoms with Crippen LogP contribution in [0.25, 0.3) is 16.9 Å². The largest absolute Gasteiger partial charge is 0.370 e. The third-order valence-electron chi connectivity index (χ3n) is 9.37. The van der Waals surface area contributed by atoms with Crippen molar-refractivity contribution in [3.63, 3.8) is 0 Å². The third kappa shape index (κ3) is 4.57. The van der Waals surface area contributed by atoms with E-state index in [1.165, 1.54) is 38.5 Å². The first kappa shape index (κ1) is 24.7. The average Bonchev–Trinajstić information content (AvgIpc) is 3.27. The topological polar surface area (TPSA) is 74.6 Å². The van der Waals surface area contributed by atoms with E-state index < -0.39 is 0 Å². The highest BCUT2D eigenvalue weighted by molar-refractivity contribution is 9.10. The number of fused-ring (bicyclic) bond motifs is 1. The van der Waals surface area contributed by atoms with Crippen molar-refractivity contribution >= 4 is 45.0 Å². The fourth-order valence-electron chi connectivity index (χ4n) is 8.10. The van der Waals surface area contributed by atoms with Crippen LogP contribution in [0.15, 0.2) is 41.0 Å². The number of nitrogens with one attached hydrogen (secondary N) is 2. The average molecular weight is 598 g/mol. The van der Waals surface area contributed by atoms with Gasteiger partial charge >= 0.3 is 6.03 Å². The highest BCUT2D eigenvalue weighted by Gasteiger charge is 2.52. The molecule has 2 amide bonds. The molecular formula is C29H34BrClN6O. The Balaban J connectivity index is 1.05. The second kappa shape index (κ2) is 9.70. The summed E-state index contributed by atoms with van der Waals surface area (Å²) in [6.45, 7) is 2.39. The van der Waals surface area contributed by atoms with Gasteiger partial charge in [-0.3, -0.25) is 0 Å². The summed E-state index contributed by atoms with van der Waals surface area (Å²) in [6, 6.07) is 9.92. The summed E-state index contributed by atoms with van der Waals surface area (Å²) >= 11 is 10.1. The Morgan fingerprint density at radius 2 is 1.87 bits per heavy atom. The predicted octanol–water partition coefficient (Wildman–Crippen LogP) is 6.61. The van der Waals surface area contributed by atoms with Gasteiger partial charge in [0.05, 0.1) is 16.4 Å². The van der Waals surface area contributed by atoms with Crippen molar-refractivity contribution in [3.8, 4) is 11.3 Å². The Hall–Kier alpha value is -2.32. The molecule has 1 unspecified atom stereocenters. The molecule has 1 aromatic carbocycles. The van der Waals surface area contributed by atoms with Crippen molar-refractivity contribution in [2.24, 2.45) is 23.7 Å². The minimum atomic E-state index is 0.0578. The molecule has 0 spiro atoms. The molecule has 8 rings (SSSR count). The zero-order valence-corrected chi connectivity index (χ0v) is 23.8. The second-order valence-electron chi connectivity index (χ2n) is 12.2. The van der Waals surface area contributed by atoms with Crippen LogP contribution in [0.3, 0.4) is 0 Å². The summed E-state index contributed by atoms with van der Waals surface area (Å²) in [5.41, 5.74) is 2.48. The Labute approximate surface area is 236 Å². The molecule has 38 heavy (non-hydrogen) atoms. The SMILES string of the molecule is O=C(NC12CC3CC(CC(C3)C1)C2)N1CCCC(CNc2cc(-c3ccccc3Cl)nc3c(Br)cnn23)C1. The van der Waals surface area contributed by atoms with Crippen molar-refractivity contribution < 1.29 is 4.79 Å². The number of likely N-dealkylation sites (tertiary alicyclic amines) is 1. The number of rotatable bonds is 5. The number of halogens is 2. The molecule has 1 aliphatic heterocycles. The van der Waals surface area contributed by atoms with Crippen LogP contribution in [0, 0.1) is 23.7 Å². The van der Waals surface area contributed by atoms with E-state index in [4.69, 9.17) is 16.6 Å². The molecule has 4 aliphatic carbocycles. The van der Waals surface area contributed by atoms with Gasteiger partial charge in [-0.15, -0.1) is 0 Å². The summed E-state index contributed by atoms with van der Waals surface area (Å²) in [5.74, 6) is 3.72. The van der Waals surface area contributed by atoms with Gasteiger partial charge in [0.25, 0.3) is 0 Å². The van der Waals surface area contributed by atoms with E-state index in [0.29, 0.717) is 10.9 Å². The number of anilines is 1. The van der Waals surface area contributed by atoms with Crippen LogP contribution in [0.2, 0.25) is 5.02 Å². The van der Waals surface area contributed by atoms with Crippen molar-refractivity contribution in [3.05, 3.63) is 46.0 Å². The quantitative estimate of drug-likeness (QED) is 0.347. The van der Waals surface area contributed by atoms with Crippen LogP contribution < -0.4 is 10.6 Å². The molecule has 5 aliphatic rings. The Kier molecular flexibility index (Phi) is 6.31. The summed E-state index contributed by atoms with van der Waals surface area (Å²) in [4.78, 5) is 20.3. The molecule has 4 saturated carbocycles. The molecule has 3 heterocycles. The lowest BCUT2D eigenvalue weighted by molar-refractivity contribution is -0.0163. The number of hydrogen-bond donors (Lipinski definition) is 2. The van der Waals surface area contributed by atoms with E-state index in [1.54, 1.807) is 6.20 Å². The van der Waals surface area contributed by atoms with E-state index in [1.807, 2.05) is 34.8 Å². The molecule has 2 aromatic heterocycles. The van der Waals surface area contributed by atoms with Crippen LogP contribution in [-0.2, 0) is 0 Å². The van der Waals surface area contributed by atoms with Crippen molar-refractivity contribution in [1.29, 1.82) is 0 Å². The number of benzene rings is 1. The number of nitrogens with zero attached hydrogens (tertiary/aromatic N) is 4. The van der Waals surface area contributed by atoms with E-state index in [9.17, 15) is 4.79 Å². The number of aromatic nitrogens is 3. The van der Waals surface area contributed by atoms with E-state index in [0.717, 1.165) is 77.4 Å². The molecule has 5 fully saturated rings. The molecule has 0 radical (unpaired) electrons. The molecule has 200 valence electrons. The standard InChI is InChI=1S/C29H34BrClN6O/c30-23-16-33-37-26(11-25(34-27(23)37)22-5-1-2-6-24(22)31)32-15-18-4-3-7-36(17-18)28(38)35-29-12-19-8-20(13-29)10-21(9-19)14-29/h1-2,5-6,11,16,18-21,32H,3-4,7-10,12-15,17H2,(H,35,38). The number of carbonyl (C=O) groups excluding carboxylic acids is 1. The van der Waals surface area contributed by atoms with Crippen LogP contribution in [-0.4, -0.2) is 50.7 Å². The smallest absolute Gasteiger partial charge is 0.317 e. The van der Waals surface area contributed by atoms with Gasteiger partial charge in [-0.1, -0.05) is 29.8 Å². The minimum absolute atomic E-state index is 0.0578. The molecular weight excluding hydrogens is 564 g/mol. The van der Waals surface area contributed by atoms with Gasteiger partial charge in [-0.25, -0.2) is 9.78 Å². The maximum atomic E-state index is 13.5. The third-order valence-corrected chi connectivity index (χ3v) is 10.3. The summed E-state index contributed by atoms with van der Waals surface area (Å²) in [7, 11) is 0. The fraction of sp³-hybridized carbons (Fsp3) is 0.552. The number of piperidine rings is 1. The number of carbonyl (C=O) groups is 1. The van der Waals surface area contributed by atoms with Gasteiger partial charge in [-0.2, -0.15) is 9.61 Å². The van der Waals surface area contributed by atoms with Gasteiger partial charge in [-0.05, 0) is 97.0 Å². The zero-order chi connectivity index (χ0) is 25.9. The minimum Gasteiger partial charge on any atom is -0.370 e. The van der Waals surface area contributed by atoms with Crippen molar-refractivity contribution in [1.82, 2.24) is 24.8 Å². The zero-order valence-electron chi connectivity index (χ0n) is 21.5. The lowest BCUT2D eigenvalue weighted by Crippen LogP contribution is -2.62. The molecule has 7 nitrogen and oxygen atoms in total. The molecule has 4 bridgehead atoms. The fourth-order valence-corrected chi connectivity index (χ4v) is 8.68. The van der Waals surface area contributed by atoms with Gasteiger partial charge in [0, 0.05) is 41.8 Å². The Morgan fingerprint density at radius 3 is 2.61 bits per heavy atom. The first-order chi connectivity index (χ1) is 18.4. The Morgan fingerprint density at radius 1 is 1.13 bits per heavy atom. The van der Waals surface area contributed by atoms with Crippen molar-refractivity contribution in [2.75, 3.05) is 25.0 Å². The van der Waals surface area contributed by atoms with Gasteiger partial charge < -0.3 is 15.5 Å².